The average Bonchev–Trinajstić information content (AvgIpc) is 2.77. The summed E-state index contributed by atoms with van der Waals surface area (Å²) in [7, 11) is 3.22. The number of methoxy groups -OCH3 is 2. The second kappa shape index (κ2) is 9.80. The van der Waals surface area contributed by atoms with Gasteiger partial charge in [-0.05, 0) is 17.2 Å². The number of hydrogen-bond donors (Lipinski definition) is 1. The molecule has 1 aromatic heterocycles. The number of nitriles is 1. The molecular formula is C22H21N3O3S. The van der Waals surface area contributed by atoms with E-state index in [1.165, 1.54) is 11.8 Å². The molecule has 1 N–H and O–H groups in total. The van der Waals surface area contributed by atoms with Gasteiger partial charge in [-0.2, -0.15) is 5.26 Å². The Morgan fingerprint density at radius 1 is 1.17 bits per heavy atom. The Balaban J connectivity index is 2.01. The van der Waals surface area contributed by atoms with Gasteiger partial charge in [0.2, 0.25) is 5.91 Å². The van der Waals surface area contributed by atoms with Crippen LogP contribution in [0.3, 0.4) is 0 Å². The maximum Gasteiger partial charge on any atom is 0.230 e. The number of rotatable bonds is 8. The number of fused-ring (bicyclic) bond motifs is 1. The van der Waals surface area contributed by atoms with E-state index in [2.05, 4.69) is 5.32 Å². The van der Waals surface area contributed by atoms with Crippen molar-refractivity contribution in [2.45, 2.75) is 11.4 Å². The van der Waals surface area contributed by atoms with Crippen molar-refractivity contribution < 1.29 is 14.3 Å². The molecule has 0 spiro atoms. The first-order valence-corrected chi connectivity index (χ1v) is 10.0. The van der Waals surface area contributed by atoms with Crippen molar-refractivity contribution in [2.75, 3.05) is 26.5 Å². The molecule has 0 unspecified atom stereocenters. The van der Waals surface area contributed by atoms with Crippen molar-refractivity contribution in [1.29, 1.82) is 5.26 Å². The number of nitrogens with one attached hydrogen (secondary N) is 1. The maximum absolute atomic E-state index is 12.0. The van der Waals surface area contributed by atoms with Crippen LogP contribution in [-0.2, 0) is 4.79 Å². The molecule has 6 nitrogen and oxygen atoms in total. The van der Waals surface area contributed by atoms with Crippen LogP contribution in [0.15, 0.2) is 53.6 Å². The number of amides is 1. The highest BCUT2D eigenvalue weighted by Crippen LogP contribution is 2.39. The minimum Gasteiger partial charge on any atom is -0.497 e. The Hall–Kier alpha value is -3.24. The van der Waals surface area contributed by atoms with Crippen molar-refractivity contribution in [3.05, 3.63) is 48.5 Å². The number of ether oxygens (including phenoxy) is 2. The highest BCUT2D eigenvalue weighted by molar-refractivity contribution is 7.99. The van der Waals surface area contributed by atoms with E-state index < -0.39 is 0 Å². The van der Waals surface area contributed by atoms with E-state index in [4.69, 9.17) is 19.7 Å². The number of thioether (sulfide) groups is 1. The van der Waals surface area contributed by atoms with Crippen molar-refractivity contribution in [3.63, 3.8) is 0 Å². The van der Waals surface area contributed by atoms with E-state index in [1.807, 2.05) is 54.6 Å². The van der Waals surface area contributed by atoms with Gasteiger partial charge < -0.3 is 14.8 Å². The first kappa shape index (κ1) is 20.5. The molecule has 0 saturated carbocycles. The third kappa shape index (κ3) is 4.98. The number of nitrogens with zero attached hydrogens (tertiary/aromatic N) is 2. The molecule has 0 aliphatic rings. The normalized spacial score (nSPS) is 10.4. The Morgan fingerprint density at radius 3 is 2.66 bits per heavy atom. The van der Waals surface area contributed by atoms with Crippen molar-refractivity contribution in [3.8, 4) is 28.7 Å². The number of aromatic nitrogens is 1. The third-order valence-corrected chi connectivity index (χ3v) is 5.18. The zero-order chi connectivity index (χ0) is 20.6. The van der Waals surface area contributed by atoms with Crippen LogP contribution in [0.1, 0.15) is 6.42 Å². The minimum absolute atomic E-state index is 0.128. The highest BCUT2D eigenvalue weighted by Gasteiger charge is 2.15. The fourth-order valence-corrected chi connectivity index (χ4v) is 3.67. The van der Waals surface area contributed by atoms with Crippen LogP contribution >= 0.6 is 11.8 Å². The summed E-state index contributed by atoms with van der Waals surface area (Å²) in [5.41, 5.74) is 2.74. The fourth-order valence-electron chi connectivity index (χ4n) is 2.93. The topological polar surface area (TPSA) is 84.2 Å². The summed E-state index contributed by atoms with van der Waals surface area (Å²) in [6, 6.07) is 17.7. The van der Waals surface area contributed by atoms with E-state index in [0.29, 0.717) is 24.5 Å². The lowest BCUT2D eigenvalue weighted by Crippen LogP contribution is -2.25. The minimum atomic E-state index is -0.128. The van der Waals surface area contributed by atoms with Gasteiger partial charge in [-0.25, -0.2) is 4.98 Å². The van der Waals surface area contributed by atoms with Crippen LogP contribution in [0.25, 0.3) is 22.0 Å². The lowest BCUT2D eigenvalue weighted by atomic mass is 10.0. The Kier molecular flexibility index (Phi) is 6.93. The fraction of sp³-hybridized carbons (Fsp3) is 0.227. The predicted octanol–water partition coefficient (Wildman–Crippen LogP) is 4.04. The van der Waals surface area contributed by atoms with Gasteiger partial charge in [0, 0.05) is 18.7 Å². The summed E-state index contributed by atoms with van der Waals surface area (Å²) in [5, 5.41) is 12.9. The Morgan fingerprint density at radius 2 is 1.97 bits per heavy atom. The molecule has 3 aromatic rings. The SMILES string of the molecule is COc1cc(OC)c2c(-c3ccccc3)cc(SCC(=O)NCCC#N)nc2c1. The molecule has 0 atom stereocenters. The summed E-state index contributed by atoms with van der Waals surface area (Å²) >= 11 is 1.35. The van der Waals surface area contributed by atoms with Crippen LogP contribution in [0.4, 0.5) is 0 Å². The Bertz CT molecular complexity index is 1050. The molecular weight excluding hydrogens is 386 g/mol. The van der Waals surface area contributed by atoms with Crippen molar-refractivity contribution >= 4 is 28.6 Å². The summed E-state index contributed by atoms with van der Waals surface area (Å²) in [6.07, 6.45) is 0.294. The molecule has 0 aliphatic heterocycles. The number of benzene rings is 2. The zero-order valence-corrected chi connectivity index (χ0v) is 17.1. The second-order valence-corrected chi connectivity index (χ2v) is 7.14. The van der Waals surface area contributed by atoms with E-state index in [0.717, 1.165) is 27.1 Å². The van der Waals surface area contributed by atoms with Gasteiger partial charge in [-0.1, -0.05) is 42.1 Å². The molecule has 0 saturated heterocycles. The van der Waals surface area contributed by atoms with Gasteiger partial charge >= 0.3 is 0 Å². The third-order valence-electron chi connectivity index (χ3n) is 4.27. The lowest BCUT2D eigenvalue weighted by molar-refractivity contribution is -0.118. The summed E-state index contributed by atoms with van der Waals surface area (Å²) in [4.78, 5) is 16.7. The number of pyridine rings is 1. The van der Waals surface area contributed by atoms with E-state index in [1.54, 1.807) is 14.2 Å². The van der Waals surface area contributed by atoms with Gasteiger partial charge in [0.05, 0.1) is 48.4 Å². The van der Waals surface area contributed by atoms with E-state index in [-0.39, 0.29) is 11.7 Å². The maximum atomic E-state index is 12.0. The van der Waals surface area contributed by atoms with Crippen LogP contribution in [-0.4, -0.2) is 37.4 Å². The summed E-state index contributed by atoms with van der Waals surface area (Å²) in [5.74, 6) is 1.42. The molecule has 148 valence electrons. The van der Waals surface area contributed by atoms with Gasteiger partial charge in [0.25, 0.3) is 0 Å². The number of hydrogen-bond acceptors (Lipinski definition) is 6. The van der Waals surface area contributed by atoms with E-state index >= 15 is 0 Å². The van der Waals surface area contributed by atoms with Gasteiger partial charge in [-0.15, -0.1) is 0 Å². The molecule has 7 heteroatoms. The molecule has 29 heavy (non-hydrogen) atoms. The molecule has 3 rings (SSSR count). The van der Waals surface area contributed by atoms with Crippen LogP contribution < -0.4 is 14.8 Å². The Labute approximate surface area is 173 Å². The zero-order valence-electron chi connectivity index (χ0n) is 16.3. The van der Waals surface area contributed by atoms with E-state index in [9.17, 15) is 4.79 Å². The summed E-state index contributed by atoms with van der Waals surface area (Å²) < 4.78 is 11.0. The van der Waals surface area contributed by atoms with Gasteiger partial charge in [0.15, 0.2) is 0 Å². The average molecular weight is 407 g/mol. The first-order chi connectivity index (χ1) is 14.2. The van der Waals surface area contributed by atoms with Crippen molar-refractivity contribution in [2.24, 2.45) is 0 Å². The van der Waals surface area contributed by atoms with Crippen molar-refractivity contribution in [1.82, 2.24) is 10.3 Å². The molecule has 0 fully saturated rings. The predicted molar refractivity (Wildman–Crippen MR) is 114 cm³/mol. The lowest BCUT2D eigenvalue weighted by Gasteiger charge is -2.14. The highest BCUT2D eigenvalue weighted by atomic mass is 32.2. The standard InChI is InChI=1S/C22H21N3O3S/c1-27-16-11-18-22(19(12-16)28-2)17(15-7-4-3-5-8-15)13-21(25-18)29-14-20(26)24-10-6-9-23/h3-5,7-8,11-13H,6,10,14H2,1-2H3,(H,24,26). The van der Waals surface area contributed by atoms with Crippen LogP contribution in [0.2, 0.25) is 0 Å². The van der Waals surface area contributed by atoms with Gasteiger partial charge in [-0.3, -0.25) is 4.79 Å². The van der Waals surface area contributed by atoms with Crippen LogP contribution in [0, 0.1) is 11.3 Å². The largest absolute Gasteiger partial charge is 0.497 e. The van der Waals surface area contributed by atoms with Crippen LogP contribution in [0.5, 0.6) is 11.5 Å². The molecule has 0 aliphatic carbocycles. The number of carbonyl (C=O) groups is 1. The molecule has 0 bridgehead atoms. The second-order valence-electron chi connectivity index (χ2n) is 6.14. The van der Waals surface area contributed by atoms with Gasteiger partial charge in [0.1, 0.15) is 11.5 Å². The molecule has 0 radical (unpaired) electrons. The molecule has 2 aromatic carbocycles. The number of carbonyl (C=O) groups excluding carboxylic acids is 1. The quantitative estimate of drug-likeness (QED) is 0.448. The smallest absolute Gasteiger partial charge is 0.230 e. The molecule has 1 heterocycles. The monoisotopic (exact) mass is 407 g/mol. The first-order valence-electron chi connectivity index (χ1n) is 9.05. The summed E-state index contributed by atoms with van der Waals surface area (Å²) in [6.45, 7) is 0.352. The molecule has 1 amide bonds.